The molecule has 2 rings (SSSR count). The van der Waals surface area contributed by atoms with E-state index >= 15 is 0 Å². The first kappa shape index (κ1) is 16.1. The van der Waals surface area contributed by atoms with Crippen molar-refractivity contribution < 1.29 is 5.11 Å². The molecular weight excluding hydrogens is 293 g/mol. The van der Waals surface area contributed by atoms with E-state index in [0.717, 1.165) is 31.5 Å². The summed E-state index contributed by atoms with van der Waals surface area (Å²) in [7, 11) is 0. The first-order valence-corrected chi connectivity index (χ1v) is 8.18. The molecule has 20 heavy (non-hydrogen) atoms. The highest BCUT2D eigenvalue weighted by Gasteiger charge is 2.42. The van der Waals surface area contributed by atoms with Gasteiger partial charge in [-0.2, -0.15) is 0 Å². The molecule has 1 saturated heterocycles. The molecule has 1 aliphatic heterocycles. The van der Waals surface area contributed by atoms with Gasteiger partial charge in [-0.3, -0.25) is 4.90 Å². The molecule has 1 fully saturated rings. The van der Waals surface area contributed by atoms with Crippen molar-refractivity contribution in [3.05, 3.63) is 33.8 Å². The molecule has 1 aromatic rings. The largest absolute Gasteiger partial charge is 0.386 e. The zero-order valence-corrected chi connectivity index (χ0v) is 13.7. The van der Waals surface area contributed by atoms with Crippen molar-refractivity contribution in [1.82, 2.24) is 4.90 Å². The third-order valence-corrected chi connectivity index (χ3v) is 5.30. The van der Waals surface area contributed by atoms with E-state index in [-0.39, 0.29) is 5.54 Å². The van der Waals surface area contributed by atoms with Gasteiger partial charge in [0.05, 0.1) is 11.6 Å². The molecule has 4 heteroatoms. The number of hydrogen-bond donors (Lipinski definition) is 1. The lowest BCUT2D eigenvalue weighted by atomic mass is 9.81. The van der Waals surface area contributed by atoms with Crippen LogP contribution in [0.1, 0.15) is 51.2 Å². The van der Waals surface area contributed by atoms with Gasteiger partial charge in [0.2, 0.25) is 0 Å². The van der Waals surface area contributed by atoms with Crippen LogP contribution in [0.3, 0.4) is 0 Å². The van der Waals surface area contributed by atoms with Crippen LogP contribution in [0.5, 0.6) is 0 Å². The lowest BCUT2D eigenvalue weighted by molar-refractivity contribution is -0.0294. The van der Waals surface area contributed by atoms with Gasteiger partial charge in [-0.1, -0.05) is 37.0 Å². The minimum Gasteiger partial charge on any atom is -0.386 e. The monoisotopic (exact) mass is 315 g/mol. The maximum Gasteiger partial charge on any atom is 0.0988 e. The summed E-state index contributed by atoms with van der Waals surface area (Å²) in [4.78, 5) is 2.43. The van der Waals surface area contributed by atoms with Gasteiger partial charge in [0, 0.05) is 15.6 Å². The summed E-state index contributed by atoms with van der Waals surface area (Å²) in [5.41, 5.74) is 0.500. The maximum absolute atomic E-state index is 11.0. The number of likely N-dealkylation sites (tertiary alicyclic amines) is 1. The number of nitrogens with zero attached hydrogens (tertiary/aromatic N) is 1. The number of aliphatic hydroxyl groups is 1. The van der Waals surface area contributed by atoms with E-state index in [0.29, 0.717) is 10.0 Å². The van der Waals surface area contributed by atoms with Gasteiger partial charge in [0.25, 0.3) is 0 Å². The van der Waals surface area contributed by atoms with Crippen LogP contribution in [0.15, 0.2) is 18.2 Å². The molecule has 0 amide bonds. The smallest absolute Gasteiger partial charge is 0.0988 e. The standard InChI is InChI=1S/C16H23Cl2NO/c1-3-16(4-2,19-9-5-6-10-19)15(20)13-11-12(17)7-8-14(13)18/h7-8,11,15,20H,3-6,9-10H2,1-2H3. The van der Waals surface area contributed by atoms with Gasteiger partial charge in [0.15, 0.2) is 0 Å². The van der Waals surface area contributed by atoms with Crippen molar-refractivity contribution >= 4 is 23.2 Å². The summed E-state index contributed by atoms with van der Waals surface area (Å²) in [6, 6.07) is 5.32. The predicted molar refractivity (Wildman–Crippen MR) is 85.5 cm³/mol. The lowest BCUT2D eigenvalue weighted by Gasteiger charge is -2.45. The third-order valence-electron chi connectivity index (χ3n) is 4.72. The average molecular weight is 316 g/mol. The van der Waals surface area contributed by atoms with E-state index in [1.807, 2.05) is 0 Å². The Labute approximate surface area is 131 Å². The highest BCUT2D eigenvalue weighted by molar-refractivity contribution is 6.33. The Hall–Kier alpha value is -0.280. The van der Waals surface area contributed by atoms with Crippen molar-refractivity contribution in [2.75, 3.05) is 13.1 Å². The molecule has 0 aromatic heterocycles. The Kier molecular flexibility index (Phi) is 5.36. The van der Waals surface area contributed by atoms with Crippen molar-refractivity contribution in [3.63, 3.8) is 0 Å². The number of hydrogen-bond acceptors (Lipinski definition) is 2. The molecule has 0 aliphatic carbocycles. The van der Waals surface area contributed by atoms with E-state index in [1.54, 1.807) is 18.2 Å². The molecule has 1 N–H and O–H groups in total. The number of rotatable bonds is 5. The van der Waals surface area contributed by atoms with Crippen molar-refractivity contribution in [1.29, 1.82) is 0 Å². The Balaban J connectivity index is 2.39. The summed E-state index contributed by atoms with van der Waals surface area (Å²) >= 11 is 12.4. The van der Waals surface area contributed by atoms with Gasteiger partial charge in [-0.25, -0.2) is 0 Å². The fourth-order valence-corrected chi connectivity index (χ4v) is 3.83. The van der Waals surface area contributed by atoms with Crippen LogP contribution in [-0.2, 0) is 0 Å². The Morgan fingerprint density at radius 2 is 1.80 bits per heavy atom. The number of halogens is 2. The molecule has 1 heterocycles. The van der Waals surface area contributed by atoms with Gasteiger partial charge >= 0.3 is 0 Å². The van der Waals surface area contributed by atoms with Gasteiger partial charge in [-0.15, -0.1) is 0 Å². The van der Waals surface area contributed by atoms with Crippen molar-refractivity contribution in [3.8, 4) is 0 Å². The second-order valence-electron chi connectivity index (χ2n) is 5.57. The molecular formula is C16H23Cl2NO. The topological polar surface area (TPSA) is 23.5 Å². The van der Waals surface area contributed by atoms with E-state index < -0.39 is 6.10 Å². The van der Waals surface area contributed by atoms with Crippen LogP contribution < -0.4 is 0 Å². The van der Waals surface area contributed by atoms with Crippen LogP contribution in [0.2, 0.25) is 10.0 Å². The second kappa shape index (κ2) is 6.65. The molecule has 112 valence electrons. The zero-order valence-electron chi connectivity index (χ0n) is 12.2. The summed E-state index contributed by atoms with van der Waals surface area (Å²) in [6.45, 7) is 6.39. The predicted octanol–water partition coefficient (Wildman–Crippen LogP) is 4.68. The molecule has 1 aliphatic rings. The maximum atomic E-state index is 11.0. The molecule has 0 radical (unpaired) electrons. The van der Waals surface area contributed by atoms with Gasteiger partial charge < -0.3 is 5.11 Å². The summed E-state index contributed by atoms with van der Waals surface area (Å²) < 4.78 is 0. The first-order chi connectivity index (χ1) is 9.55. The first-order valence-electron chi connectivity index (χ1n) is 7.43. The molecule has 1 unspecified atom stereocenters. The Morgan fingerprint density at radius 3 is 2.35 bits per heavy atom. The zero-order chi connectivity index (χ0) is 14.8. The van der Waals surface area contributed by atoms with Crippen LogP contribution >= 0.6 is 23.2 Å². The minimum atomic E-state index is -0.609. The van der Waals surface area contributed by atoms with E-state index in [1.165, 1.54) is 12.8 Å². The highest BCUT2D eigenvalue weighted by atomic mass is 35.5. The SMILES string of the molecule is CCC(CC)(C(O)c1cc(Cl)ccc1Cl)N1CCCC1. The normalized spacial score (nSPS) is 18.4. The van der Waals surface area contributed by atoms with E-state index in [9.17, 15) is 5.11 Å². The van der Waals surface area contributed by atoms with E-state index in [2.05, 4.69) is 18.7 Å². The molecule has 0 saturated carbocycles. The van der Waals surface area contributed by atoms with Crippen LogP contribution in [0, 0.1) is 0 Å². The van der Waals surface area contributed by atoms with Crippen molar-refractivity contribution in [2.45, 2.75) is 51.2 Å². The Morgan fingerprint density at radius 1 is 1.20 bits per heavy atom. The number of benzene rings is 1. The van der Waals surface area contributed by atoms with Crippen LogP contribution in [-0.4, -0.2) is 28.6 Å². The minimum absolute atomic E-state index is 0.245. The highest BCUT2D eigenvalue weighted by Crippen LogP contribution is 2.41. The second-order valence-corrected chi connectivity index (χ2v) is 6.42. The summed E-state index contributed by atoms with van der Waals surface area (Å²) in [6.07, 6.45) is 3.60. The van der Waals surface area contributed by atoms with E-state index in [4.69, 9.17) is 23.2 Å². The van der Waals surface area contributed by atoms with Gasteiger partial charge in [-0.05, 0) is 57.0 Å². The summed E-state index contributed by atoms with van der Waals surface area (Å²) in [5, 5.41) is 12.2. The third kappa shape index (κ3) is 2.85. The number of aliphatic hydroxyl groups excluding tert-OH is 1. The van der Waals surface area contributed by atoms with Crippen LogP contribution in [0.25, 0.3) is 0 Å². The summed E-state index contributed by atoms with van der Waals surface area (Å²) in [5.74, 6) is 0. The Bertz CT molecular complexity index is 454. The van der Waals surface area contributed by atoms with Crippen LogP contribution in [0.4, 0.5) is 0 Å². The quantitative estimate of drug-likeness (QED) is 0.852. The molecule has 1 aromatic carbocycles. The molecule has 0 spiro atoms. The average Bonchev–Trinajstić information content (AvgIpc) is 2.98. The fourth-order valence-electron chi connectivity index (χ4n) is 3.43. The van der Waals surface area contributed by atoms with Crippen molar-refractivity contribution in [2.24, 2.45) is 0 Å². The fraction of sp³-hybridized carbons (Fsp3) is 0.625. The molecule has 0 bridgehead atoms. The molecule has 1 atom stereocenters. The lowest BCUT2D eigenvalue weighted by Crippen LogP contribution is -2.51. The van der Waals surface area contributed by atoms with Gasteiger partial charge in [0.1, 0.15) is 0 Å². The molecule has 2 nitrogen and oxygen atoms in total.